The summed E-state index contributed by atoms with van der Waals surface area (Å²) >= 11 is 6.25. The highest BCUT2D eigenvalue weighted by Gasteiger charge is 2.12. The monoisotopic (exact) mass is 316 g/mol. The van der Waals surface area contributed by atoms with Gasteiger partial charge in [0.2, 0.25) is 0 Å². The van der Waals surface area contributed by atoms with E-state index in [9.17, 15) is 4.79 Å². The number of anilines is 1. The fourth-order valence-electron chi connectivity index (χ4n) is 1.98. The fourth-order valence-corrected chi connectivity index (χ4v) is 2.24. The zero-order chi connectivity index (χ0) is 15.7. The van der Waals surface area contributed by atoms with Gasteiger partial charge in [-0.05, 0) is 25.1 Å². The molecule has 2 aromatic heterocycles. The predicted octanol–water partition coefficient (Wildman–Crippen LogP) is 2.42. The molecule has 1 aromatic carbocycles. The Hall–Kier alpha value is -2.67. The molecule has 0 saturated carbocycles. The van der Waals surface area contributed by atoms with Gasteiger partial charge in [0.05, 0.1) is 16.8 Å². The Kier molecular flexibility index (Phi) is 3.64. The van der Waals surface area contributed by atoms with Crippen LogP contribution in [-0.2, 0) is 7.05 Å². The molecule has 8 heteroatoms. The first-order chi connectivity index (χ1) is 10.5. The maximum Gasteiger partial charge on any atom is 0.258 e. The van der Waals surface area contributed by atoms with E-state index >= 15 is 0 Å². The van der Waals surface area contributed by atoms with E-state index in [1.807, 2.05) is 6.92 Å². The molecule has 0 radical (unpaired) electrons. The summed E-state index contributed by atoms with van der Waals surface area (Å²) in [5, 5.41) is 14.0. The lowest BCUT2D eigenvalue weighted by molar-refractivity contribution is 0.102. The molecule has 7 nitrogen and oxygen atoms in total. The molecule has 0 atom stereocenters. The lowest BCUT2D eigenvalue weighted by Crippen LogP contribution is -2.11. The van der Waals surface area contributed by atoms with E-state index in [4.69, 9.17) is 11.6 Å². The van der Waals surface area contributed by atoms with Crippen molar-refractivity contribution in [1.82, 2.24) is 25.0 Å². The van der Waals surface area contributed by atoms with E-state index in [1.54, 1.807) is 36.1 Å². The molecule has 0 unspecified atom stereocenters. The van der Waals surface area contributed by atoms with Crippen LogP contribution in [0.1, 0.15) is 16.2 Å². The standard InChI is InChI=1S/C14H13ClN6O/c1-8-17-13(20-19-8)11-4-3-10(5-12(11)15)18-14(22)9-6-16-21(2)7-9/h3-7H,1-2H3,(H,18,22)(H,17,19,20). The molecule has 0 saturated heterocycles. The molecule has 0 aliphatic heterocycles. The minimum absolute atomic E-state index is 0.245. The Bertz CT molecular complexity index is 837. The highest BCUT2D eigenvalue weighted by atomic mass is 35.5. The SMILES string of the molecule is Cc1nc(-c2ccc(NC(=O)c3cnn(C)c3)cc2Cl)n[nH]1. The van der Waals surface area contributed by atoms with Crippen LogP contribution in [-0.4, -0.2) is 30.9 Å². The fraction of sp³-hybridized carbons (Fsp3) is 0.143. The lowest BCUT2D eigenvalue weighted by atomic mass is 10.2. The Balaban J connectivity index is 1.81. The second kappa shape index (κ2) is 5.61. The van der Waals surface area contributed by atoms with E-state index < -0.39 is 0 Å². The highest BCUT2D eigenvalue weighted by Crippen LogP contribution is 2.28. The van der Waals surface area contributed by atoms with E-state index in [0.29, 0.717) is 33.5 Å². The van der Waals surface area contributed by atoms with Crippen LogP contribution in [0.2, 0.25) is 5.02 Å². The van der Waals surface area contributed by atoms with Crippen molar-refractivity contribution >= 4 is 23.2 Å². The largest absolute Gasteiger partial charge is 0.322 e. The molecule has 3 rings (SSSR count). The third-order valence-corrected chi connectivity index (χ3v) is 3.34. The predicted molar refractivity (Wildman–Crippen MR) is 82.7 cm³/mol. The number of amides is 1. The van der Waals surface area contributed by atoms with Crippen LogP contribution >= 0.6 is 11.6 Å². The van der Waals surface area contributed by atoms with Crippen molar-refractivity contribution in [2.75, 3.05) is 5.32 Å². The molecule has 0 bridgehead atoms. The third-order valence-electron chi connectivity index (χ3n) is 3.03. The first-order valence-electron chi connectivity index (χ1n) is 6.52. The summed E-state index contributed by atoms with van der Waals surface area (Å²) < 4.78 is 1.57. The zero-order valence-electron chi connectivity index (χ0n) is 12.0. The summed E-state index contributed by atoms with van der Waals surface area (Å²) in [6.07, 6.45) is 3.14. The van der Waals surface area contributed by atoms with Crippen LogP contribution in [0.15, 0.2) is 30.6 Å². The van der Waals surface area contributed by atoms with E-state index in [1.165, 1.54) is 6.20 Å². The summed E-state index contributed by atoms with van der Waals surface area (Å²) in [6, 6.07) is 5.18. The molecule has 2 N–H and O–H groups in total. The first kappa shape index (κ1) is 14.3. The van der Waals surface area contributed by atoms with Crippen LogP contribution in [0.3, 0.4) is 0 Å². The van der Waals surface area contributed by atoms with Gasteiger partial charge >= 0.3 is 0 Å². The van der Waals surface area contributed by atoms with Crippen LogP contribution in [0.4, 0.5) is 5.69 Å². The smallest absolute Gasteiger partial charge is 0.258 e. The summed E-state index contributed by atoms with van der Waals surface area (Å²) in [6.45, 7) is 1.81. The van der Waals surface area contributed by atoms with Gasteiger partial charge in [0.1, 0.15) is 5.82 Å². The molecular formula is C14H13ClN6O. The van der Waals surface area contributed by atoms with Gasteiger partial charge < -0.3 is 5.32 Å². The van der Waals surface area contributed by atoms with Crippen molar-refractivity contribution in [1.29, 1.82) is 0 Å². The minimum atomic E-state index is -0.245. The molecule has 3 aromatic rings. The molecule has 0 aliphatic rings. The number of aromatic amines is 1. The number of aromatic nitrogens is 5. The number of nitrogens with one attached hydrogen (secondary N) is 2. The highest BCUT2D eigenvalue weighted by molar-refractivity contribution is 6.33. The molecule has 112 valence electrons. The Morgan fingerprint density at radius 1 is 1.41 bits per heavy atom. The van der Waals surface area contributed by atoms with Crippen molar-refractivity contribution in [3.8, 4) is 11.4 Å². The summed E-state index contributed by atoms with van der Waals surface area (Å²) in [4.78, 5) is 16.3. The average molecular weight is 317 g/mol. The average Bonchev–Trinajstić information content (AvgIpc) is 3.08. The third kappa shape index (κ3) is 2.84. The van der Waals surface area contributed by atoms with Gasteiger partial charge in [-0.15, -0.1) is 0 Å². The van der Waals surface area contributed by atoms with Crippen molar-refractivity contribution in [2.24, 2.45) is 7.05 Å². The summed E-state index contributed by atoms with van der Waals surface area (Å²) in [7, 11) is 1.75. The van der Waals surface area contributed by atoms with Crippen LogP contribution < -0.4 is 5.32 Å². The molecular weight excluding hydrogens is 304 g/mol. The maximum absolute atomic E-state index is 12.1. The number of benzene rings is 1. The van der Waals surface area contributed by atoms with Crippen LogP contribution in [0.25, 0.3) is 11.4 Å². The Morgan fingerprint density at radius 2 is 2.23 bits per heavy atom. The molecule has 1 amide bonds. The van der Waals surface area contributed by atoms with Gasteiger partial charge in [-0.1, -0.05) is 11.6 Å². The Labute approximate surface area is 131 Å². The number of halogens is 1. The van der Waals surface area contributed by atoms with E-state index in [-0.39, 0.29) is 5.91 Å². The number of nitrogens with zero attached hydrogens (tertiary/aromatic N) is 4. The van der Waals surface area contributed by atoms with Crippen molar-refractivity contribution < 1.29 is 4.79 Å². The van der Waals surface area contributed by atoms with Crippen LogP contribution in [0, 0.1) is 6.92 Å². The maximum atomic E-state index is 12.1. The van der Waals surface area contributed by atoms with Gasteiger partial charge in [0.15, 0.2) is 5.82 Å². The second-order valence-corrected chi connectivity index (χ2v) is 5.20. The van der Waals surface area contributed by atoms with Crippen molar-refractivity contribution in [2.45, 2.75) is 6.92 Å². The molecule has 0 fully saturated rings. The summed E-state index contributed by atoms with van der Waals surface area (Å²) in [5.41, 5.74) is 1.77. The number of H-pyrrole nitrogens is 1. The zero-order valence-corrected chi connectivity index (χ0v) is 12.7. The van der Waals surface area contributed by atoms with Gasteiger partial charge in [0, 0.05) is 24.5 Å². The molecule has 0 spiro atoms. The number of hydrogen-bond acceptors (Lipinski definition) is 4. The first-order valence-corrected chi connectivity index (χ1v) is 6.89. The molecule has 22 heavy (non-hydrogen) atoms. The second-order valence-electron chi connectivity index (χ2n) is 4.80. The van der Waals surface area contributed by atoms with E-state index in [0.717, 1.165) is 0 Å². The van der Waals surface area contributed by atoms with Gasteiger partial charge in [0.25, 0.3) is 5.91 Å². The topological polar surface area (TPSA) is 88.5 Å². The van der Waals surface area contributed by atoms with E-state index in [2.05, 4.69) is 25.6 Å². The van der Waals surface area contributed by atoms with Gasteiger partial charge in [-0.2, -0.15) is 10.2 Å². The van der Waals surface area contributed by atoms with Gasteiger partial charge in [-0.3, -0.25) is 14.6 Å². The van der Waals surface area contributed by atoms with Crippen molar-refractivity contribution in [3.05, 3.63) is 47.0 Å². The number of aryl methyl sites for hydroxylation is 2. The molecule has 0 aliphatic carbocycles. The summed E-state index contributed by atoms with van der Waals surface area (Å²) in [5.74, 6) is 0.985. The normalized spacial score (nSPS) is 10.7. The Morgan fingerprint density at radius 3 is 2.82 bits per heavy atom. The number of rotatable bonds is 3. The number of hydrogen-bond donors (Lipinski definition) is 2. The van der Waals surface area contributed by atoms with Crippen LogP contribution in [0.5, 0.6) is 0 Å². The van der Waals surface area contributed by atoms with Gasteiger partial charge in [-0.25, -0.2) is 4.98 Å². The molecule has 2 heterocycles. The minimum Gasteiger partial charge on any atom is -0.322 e. The van der Waals surface area contributed by atoms with Crippen molar-refractivity contribution in [3.63, 3.8) is 0 Å². The lowest BCUT2D eigenvalue weighted by Gasteiger charge is -2.06. The number of carbonyl (C=O) groups is 1. The quantitative estimate of drug-likeness (QED) is 0.776. The number of carbonyl (C=O) groups excluding carboxylic acids is 1.